The molecule has 2 aromatic rings. The number of methoxy groups -OCH3 is 1. The van der Waals surface area contributed by atoms with Gasteiger partial charge in [-0.3, -0.25) is 9.36 Å². The molecule has 2 rings (SSSR count). The van der Waals surface area contributed by atoms with Crippen LogP contribution in [0.1, 0.15) is 28.4 Å². The summed E-state index contributed by atoms with van der Waals surface area (Å²) in [5.74, 6) is -0.860. The van der Waals surface area contributed by atoms with Crippen LogP contribution in [0.5, 0.6) is 5.88 Å². The topological polar surface area (TPSA) is 136 Å². The predicted molar refractivity (Wildman–Crippen MR) is 111 cm³/mol. The van der Waals surface area contributed by atoms with Crippen LogP contribution in [-0.4, -0.2) is 49.2 Å². The molecule has 0 radical (unpaired) electrons. The van der Waals surface area contributed by atoms with E-state index in [1.54, 1.807) is 26.2 Å². The van der Waals surface area contributed by atoms with Crippen molar-refractivity contribution in [3.8, 4) is 11.9 Å². The van der Waals surface area contributed by atoms with Gasteiger partial charge in [0.2, 0.25) is 5.88 Å². The number of rotatable bonds is 10. The van der Waals surface area contributed by atoms with Crippen LogP contribution in [0.3, 0.4) is 0 Å². The maximum Gasteiger partial charge on any atom is 0.338 e. The van der Waals surface area contributed by atoms with Crippen molar-refractivity contribution in [2.45, 2.75) is 20.4 Å². The minimum atomic E-state index is -0.578. The summed E-state index contributed by atoms with van der Waals surface area (Å²) in [5, 5.41) is 27.6. The molecule has 1 heterocycles. The summed E-state index contributed by atoms with van der Waals surface area (Å²) >= 11 is 0. The molecule has 1 aromatic heterocycles. The Morgan fingerprint density at radius 2 is 1.84 bits per heavy atom. The van der Waals surface area contributed by atoms with Crippen LogP contribution in [0, 0.1) is 18.3 Å². The van der Waals surface area contributed by atoms with Gasteiger partial charge in [0, 0.05) is 19.2 Å². The van der Waals surface area contributed by atoms with Gasteiger partial charge in [-0.15, -0.1) is 5.11 Å². The second kappa shape index (κ2) is 11.6. The fourth-order valence-electron chi connectivity index (χ4n) is 2.64. The Labute approximate surface area is 179 Å². The number of carbonyl (C=O) groups excluding carboxylic acids is 1. The third-order valence-electron chi connectivity index (χ3n) is 4.35. The highest BCUT2D eigenvalue weighted by Crippen LogP contribution is 2.32. The third kappa shape index (κ3) is 5.97. The van der Waals surface area contributed by atoms with E-state index in [9.17, 15) is 20.0 Å². The summed E-state index contributed by atoms with van der Waals surface area (Å²) in [6.07, 6.45) is 0. The van der Waals surface area contributed by atoms with Gasteiger partial charge < -0.3 is 19.3 Å². The Balaban J connectivity index is 2.09. The van der Waals surface area contributed by atoms with E-state index < -0.39 is 11.5 Å². The minimum absolute atomic E-state index is 0.0370. The first-order valence-corrected chi connectivity index (χ1v) is 9.56. The Bertz CT molecular complexity index is 1040. The van der Waals surface area contributed by atoms with Crippen molar-refractivity contribution >= 4 is 17.3 Å². The van der Waals surface area contributed by atoms with Crippen molar-refractivity contribution in [1.82, 2.24) is 4.57 Å². The van der Waals surface area contributed by atoms with E-state index in [1.807, 2.05) is 6.07 Å². The van der Waals surface area contributed by atoms with E-state index in [2.05, 4.69) is 10.2 Å². The van der Waals surface area contributed by atoms with Crippen LogP contribution in [0.4, 0.5) is 11.4 Å². The highest BCUT2D eigenvalue weighted by molar-refractivity contribution is 5.89. The van der Waals surface area contributed by atoms with Crippen LogP contribution in [0.2, 0.25) is 0 Å². The standard InChI is InChI=1S/C21H24N4O6/c1-4-25-19(26)17(13-22)14(2)18(20(25)27)24-23-16-7-5-15(6-8-16)21(28)31-12-11-30-10-9-29-3/h5-8,27H,4,9-12H2,1-3H3. The van der Waals surface area contributed by atoms with Gasteiger partial charge in [-0.2, -0.15) is 10.4 Å². The van der Waals surface area contributed by atoms with Gasteiger partial charge in [-0.1, -0.05) is 0 Å². The number of aromatic nitrogens is 1. The maximum absolute atomic E-state index is 12.2. The molecule has 1 aromatic carbocycles. The molecule has 31 heavy (non-hydrogen) atoms. The molecule has 10 heteroatoms. The Hall–Kier alpha value is -3.55. The molecule has 0 unspecified atom stereocenters. The highest BCUT2D eigenvalue weighted by atomic mass is 16.6. The lowest BCUT2D eigenvalue weighted by atomic mass is 10.1. The summed E-state index contributed by atoms with van der Waals surface area (Å²) in [6.45, 7) is 4.66. The van der Waals surface area contributed by atoms with Crippen LogP contribution < -0.4 is 5.56 Å². The molecule has 0 aliphatic carbocycles. The molecule has 164 valence electrons. The lowest BCUT2D eigenvalue weighted by Crippen LogP contribution is -2.23. The molecular formula is C21H24N4O6. The number of ether oxygens (including phenoxy) is 3. The molecule has 0 saturated carbocycles. The Morgan fingerprint density at radius 3 is 2.45 bits per heavy atom. The van der Waals surface area contributed by atoms with Gasteiger partial charge >= 0.3 is 5.97 Å². The van der Waals surface area contributed by atoms with Gasteiger partial charge in [0.1, 0.15) is 18.2 Å². The number of azo groups is 1. The zero-order chi connectivity index (χ0) is 22.8. The maximum atomic E-state index is 12.2. The van der Waals surface area contributed by atoms with Crippen LogP contribution >= 0.6 is 0 Å². The number of nitriles is 1. The average Bonchev–Trinajstić information content (AvgIpc) is 2.77. The number of carbonyl (C=O) groups is 1. The molecule has 0 spiro atoms. The average molecular weight is 428 g/mol. The van der Waals surface area contributed by atoms with E-state index in [-0.39, 0.29) is 42.5 Å². The molecule has 0 atom stereocenters. The van der Waals surface area contributed by atoms with Crippen molar-refractivity contribution in [2.75, 3.05) is 33.5 Å². The lowest BCUT2D eigenvalue weighted by molar-refractivity contribution is 0.0214. The van der Waals surface area contributed by atoms with E-state index in [1.165, 1.54) is 19.1 Å². The SMILES string of the molecule is CCn1c(O)c(N=Nc2ccc(C(=O)OCCOCCOC)cc2)c(C)c(C#N)c1=O. The van der Waals surface area contributed by atoms with E-state index in [0.29, 0.717) is 24.5 Å². The van der Waals surface area contributed by atoms with Crippen molar-refractivity contribution in [2.24, 2.45) is 10.2 Å². The number of esters is 1. The van der Waals surface area contributed by atoms with E-state index in [0.717, 1.165) is 4.57 Å². The van der Waals surface area contributed by atoms with Crippen molar-refractivity contribution in [3.05, 3.63) is 51.3 Å². The fourth-order valence-corrected chi connectivity index (χ4v) is 2.64. The first-order chi connectivity index (χ1) is 14.9. The summed E-state index contributed by atoms with van der Waals surface area (Å²) in [5.41, 5.74) is 0.345. The minimum Gasteiger partial charge on any atom is -0.493 e. The zero-order valence-corrected chi connectivity index (χ0v) is 17.6. The molecule has 1 N–H and O–H groups in total. The number of nitrogens with zero attached hydrogens (tertiary/aromatic N) is 4. The number of pyridine rings is 1. The Kier molecular flexibility index (Phi) is 8.87. The molecule has 0 fully saturated rings. The van der Waals surface area contributed by atoms with Gasteiger partial charge in [-0.25, -0.2) is 4.79 Å². The normalized spacial score (nSPS) is 10.9. The van der Waals surface area contributed by atoms with Gasteiger partial charge in [0.15, 0.2) is 5.69 Å². The monoisotopic (exact) mass is 428 g/mol. The second-order valence-electron chi connectivity index (χ2n) is 6.32. The Morgan fingerprint density at radius 1 is 1.16 bits per heavy atom. The second-order valence-corrected chi connectivity index (χ2v) is 6.32. The van der Waals surface area contributed by atoms with Crippen molar-refractivity contribution in [1.29, 1.82) is 5.26 Å². The van der Waals surface area contributed by atoms with E-state index >= 15 is 0 Å². The van der Waals surface area contributed by atoms with Crippen LogP contribution in [0.25, 0.3) is 0 Å². The number of benzene rings is 1. The molecule has 10 nitrogen and oxygen atoms in total. The first kappa shape index (κ1) is 23.7. The summed E-state index contributed by atoms with van der Waals surface area (Å²) < 4.78 is 16.2. The molecule has 0 amide bonds. The summed E-state index contributed by atoms with van der Waals surface area (Å²) in [6, 6.07) is 8.02. The molecule has 0 bridgehead atoms. The third-order valence-corrected chi connectivity index (χ3v) is 4.35. The van der Waals surface area contributed by atoms with Crippen LogP contribution in [-0.2, 0) is 20.8 Å². The van der Waals surface area contributed by atoms with Crippen LogP contribution in [0.15, 0.2) is 39.3 Å². The predicted octanol–water partition coefficient (Wildman–Crippen LogP) is 2.99. The largest absolute Gasteiger partial charge is 0.493 e. The van der Waals surface area contributed by atoms with Crippen molar-refractivity contribution < 1.29 is 24.1 Å². The smallest absolute Gasteiger partial charge is 0.338 e. The number of aromatic hydroxyl groups is 1. The number of hydrogen-bond donors (Lipinski definition) is 1. The summed E-state index contributed by atoms with van der Waals surface area (Å²) in [4.78, 5) is 24.2. The fraction of sp³-hybridized carbons (Fsp3) is 0.381. The molecule has 0 saturated heterocycles. The number of hydrogen-bond acceptors (Lipinski definition) is 9. The molecule has 0 aliphatic rings. The first-order valence-electron chi connectivity index (χ1n) is 9.56. The molecule has 0 aliphatic heterocycles. The zero-order valence-electron chi connectivity index (χ0n) is 17.6. The quantitative estimate of drug-likeness (QED) is 0.349. The van der Waals surface area contributed by atoms with Gasteiger partial charge in [-0.05, 0) is 38.1 Å². The van der Waals surface area contributed by atoms with Gasteiger partial charge in [0.05, 0.1) is 31.1 Å². The van der Waals surface area contributed by atoms with Crippen molar-refractivity contribution in [3.63, 3.8) is 0 Å². The summed E-state index contributed by atoms with van der Waals surface area (Å²) in [7, 11) is 1.57. The van der Waals surface area contributed by atoms with Gasteiger partial charge in [0.25, 0.3) is 5.56 Å². The lowest BCUT2D eigenvalue weighted by Gasteiger charge is -2.11. The molecular weight excluding hydrogens is 404 g/mol. The van der Waals surface area contributed by atoms with E-state index in [4.69, 9.17) is 14.2 Å². The highest BCUT2D eigenvalue weighted by Gasteiger charge is 2.18.